The molecule has 298 valence electrons. The van der Waals surface area contributed by atoms with Crippen molar-refractivity contribution in [2.75, 3.05) is 0 Å². The molecule has 0 saturated carbocycles. The molecular weight excluding hydrogens is 742 g/mol. The van der Waals surface area contributed by atoms with Gasteiger partial charge < -0.3 is 0 Å². The Bertz CT molecular complexity index is 1640. The summed E-state index contributed by atoms with van der Waals surface area (Å²) >= 11 is 0. The van der Waals surface area contributed by atoms with Crippen molar-refractivity contribution in [1.82, 2.24) is 19.9 Å². The zero-order valence-corrected chi connectivity index (χ0v) is 30.7. The van der Waals surface area contributed by atoms with Gasteiger partial charge >= 0.3 is 46.6 Å². The molecule has 0 fully saturated rings. The predicted octanol–water partition coefficient (Wildman–Crippen LogP) is 7.84. The van der Waals surface area contributed by atoms with Crippen molar-refractivity contribution in [2.45, 2.75) is 71.6 Å². The number of hydrogen-bond donors (Lipinski definition) is 0. The summed E-state index contributed by atoms with van der Waals surface area (Å²) in [6.45, 7) is 2.32. The monoisotopic (exact) mass is 809 g/mol. The fourth-order valence-electron chi connectivity index (χ4n) is 6.45. The van der Waals surface area contributed by atoms with E-state index in [2.05, 4.69) is 141 Å². The number of benzene rings is 4. The topological polar surface area (TPSA) is 41.9 Å². The summed E-state index contributed by atoms with van der Waals surface area (Å²) in [7, 11) is 0. The van der Waals surface area contributed by atoms with Crippen LogP contribution < -0.4 is 51.4 Å². The standard InChI is InChI=1S/C24H20B.C18H18N4.7CH4.Cu.Na.H2/c1-5-13-21(14-6-1)25(22-15-7-2-8-16-22,23-17-9-3-10-18-23)24-19-11-4-12-20-24;1-4-10-19-16(7-1)13-22(14-17-8-2-5-11-20-17)15-18-9-3-6-12-21-18;;;;;;;;;;/h1-20H;1-12H,13-15H2;7*1H4;;;1H/q-1;;;;;;;;;2*+1;. The summed E-state index contributed by atoms with van der Waals surface area (Å²) in [6.07, 6.45) is 4.27. The maximum Gasteiger partial charge on any atom is 1.00 e. The molecule has 0 atom stereocenters. The Morgan fingerprint density at radius 1 is 0.339 bits per heavy atom. The number of nitrogens with zero attached hydrogens (tertiary/aromatic N) is 4. The molecule has 56 heavy (non-hydrogen) atoms. The number of aromatic nitrogens is 3. The van der Waals surface area contributed by atoms with Gasteiger partial charge in [-0.1, -0.05) is 192 Å². The zero-order chi connectivity index (χ0) is 32.0. The predicted molar refractivity (Wildman–Crippen MR) is 245 cm³/mol. The minimum absolute atomic E-state index is 0. The molecule has 7 rings (SSSR count). The summed E-state index contributed by atoms with van der Waals surface area (Å²) in [5.74, 6) is 0. The van der Waals surface area contributed by atoms with Crippen LogP contribution in [-0.2, 0) is 36.7 Å². The van der Waals surface area contributed by atoms with E-state index in [1.165, 1.54) is 21.9 Å². The third-order valence-corrected chi connectivity index (χ3v) is 8.53. The van der Waals surface area contributed by atoms with Crippen molar-refractivity contribution in [3.05, 3.63) is 212 Å². The summed E-state index contributed by atoms with van der Waals surface area (Å²) in [5.41, 5.74) is 8.51. The SMILES string of the molecule is C.C.C.C.C.C.C.[Cu+].[HH].[Na+].c1ccc(CN(Cc2ccccn2)Cc2ccccn2)nc1.c1ccc([B-](c2ccccc2)(c2ccccc2)c2ccccc2)cc1. The second-order valence-electron chi connectivity index (χ2n) is 11.6. The van der Waals surface area contributed by atoms with E-state index in [-0.39, 0.29) is 100 Å². The van der Waals surface area contributed by atoms with E-state index < -0.39 is 6.15 Å². The normalized spacial score (nSPS) is 9.23. The molecule has 0 amide bonds. The molecule has 0 aliphatic carbocycles. The maximum absolute atomic E-state index is 4.42. The van der Waals surface area contributed by atoms with Gasteiger partial charge in [-0.2, -0.15) is 21.9 Å². The fraction of sp³-hybridized carbons (Fsp3) is 0.204. The van der Waals surface area contributed by atoms with Gasteiger partial charge in [-0.15, -0.1) is 0 Å². The minimum Gasteiger partial charge on any atom is -0.286 e. The Morgan fingerprint density at radius 2 is 0.554 bits per heavy atom. The van der Waals surface area contributed by atoms with Crippen LogP contribution in [0, 0.1) is 0 Å². The van der Waals surface area contributed by atoms with E-state index in [9.17, 15) is 0 Å². The van der Waals surface area contributed by atoms with Crippen LogP contribution in [0.4, 0.5) is 0 Å². The van der Waals surface area contributed by atoms with E-state index in [1.807, 2.05) is 73.2 Å². The van der Waals surface area contributed by atoms with Crippen LogP contribution >= 0.6 is 0 Å². The van der Waals surface area contributed by atoms with Gasteiger partial charge in [0.2, 0.25) is 0 Å². The second-order valence-corrected chi connectivity index (χ2v) is 11.6. The quantitative estimate of drug-likeness (QED) is 0.132. The Balaban J connectivity index is -0.000000271. The van der Waals surface area contributed by atoms with Crippen molar-refractivity contribution in [1.29, 1.82) is 0 Å². The average Bonchev–Trinajstić information content (AvgIpc) is 3.15. The van der Waals surface area contributed by atoms with Crippen molar-refractivity contribution in [3.63, 3.8) is 0 Å². The average molecular weight is 810 g/mol. The largest absolute Gasteiger partial charge is 1.00 e. The minimum atomic E-state index is -1.22. The van der Waals surface area contributed by atoms with Gasteiger partial charge in [0.25, 0.3) is 0 Å². The van der Waals surface area contributed by atoms with Crippen LogP contribution in [-0.4, -0.2) is 26.0 Å². The van der Waals surface area contributed by atoms with Crippen molar-refractivity contribution >= 4 is 28.0 Å². The van der Waals surface area contributed by atoms with E-state index in [0.717, 1.165) is 36.7 Å². The molecule has 0 aliphatic rings. The molecule has 3 aromatic heterocycles. The molecule has 0 radical (unpaired) electrons. The molecule has 0 bridgehead atoms. The van der Waals surface area contributed by atoms with Crippen LogP contribution in [0.25, 0.3) is 0 Å². The van der Waals surface area contributed by atoms with Gasteiger partial charge in [0.15, 0.2) is 0 Å². The fourth-order valence-corrected chi connectivity index (χ4v) is 6.45. The molecule has 0 spiro atoms. The molecule has 7 heteroatoms. The molecular formula is C49H68BCuN4Na+. The Morgan fingerprint density at radius 3 is 0.750 bits per heavy atom. The van der Waals surface area contributed by atoms with Crippen LogP contribution in [0.1, 0.15) is 70.5 Å². The zero-order valence-electron chi connectivity index (χ0n) is 27.8. The summed E-state index contributed by atoms with van der Waals surface area (Å²) < 4.78 is 0. The molecule has 7 aromatic rings. The summed E-state index contributed by atoms with van der Waals surface area (Å²) in [6, 6.07) is 61.5. The van der Waals surface area contributed by atoms with E-state index in [0.29, 0.717) is 0 Å². The number of pyridine rings is 3. The van der Waals surface area contributed by atoms with Crippen molar-refractivity contribution in [2.24, 2.45) is 0 Å². The van der Waals surface area contributed by atoms with E-state index in [1.54, 1.807) is 0 Å². The van der Waals surface area contributed by atoms with E-state index >= 15 is 0 Å². The van der Waals surface area contributed by atoms with Crippen LogP contribution in [0.5, 0.6) is 0 Å². The van der Waals surface area contributed by atoms with Gasteiger partial charge in [-0.3, -0.25) is 19.9 Å². The molecule has 4 nitrogen and oxygen atoms in total. The third-order valence-electron chi connectivity index (χ3n) is 8.53. The summed E-state index contributed by atoms with van der Waals surface area (Å²) in [4.78, 5) is 15.6. The number of hydrogen-bond acceptors (Lipinski definition) is 4. The molecule has 4 aromatic carbocycles. The number of rotatable bonds is 10. The van der Waals surface area contributed by atoms with Crippen molar-refractivity contribution < 1.29 is 48.1 Å². The van der Waals surface area contributed by atoms with Crippen LogP contribution in [0.15, 0.2) is 195 Å². The first-order valence-electron chi connectivity index (χ1n) is 16.1. The molecule has 0 aliphatic heterocycles. The molecule has 0 unspecified atom stereocenters. The van der Waals surface area contributed by atoms with E-state index in [4.69, 9.17) is 0 Å². The van der Waals surface area contributed by atoms with Gasteiger partial charge in [-0.05, 0) is 36.4 Å². The summed E-state index contributed by atoms with van der Waals surface area (Å²) in [5, 5.41) is 0. The first-order valence-corrected chi connectivity index (χ1v) is 16.1. The van der Waals surface area contributed by atoms with Gasteiger partial charge in [0.05, 0.1) is 17.1 Å². The molecule has 3 heterocycles. The van der Waals surface area contributed by atoms with Crippen molar-refractivity contribution in [3.8, 4) is 0 Å². The maximum atomic E-state index is 4.42. The first-order chi connectivity index (χ1) is 23.3. The van der Waals surface area contributed by atoms with Gasteiger partial charge in [-0.25, -0.2) is 0 Å². The van der Waals surface area contributed by atoms with Gasteiger partial charge in [0, 0.05) is 39.7 Å². The Labute approximate surface area is 376 Å². The Kier molecular flexibility index (Phi) is 32.4. The van der Waals surface area contributed by atoms with Crippen LogP contribution in [0.2, 0.25) is 0 Å². The molecule has 0 saturated heterocycles. The van der Waals surface area contributed by atoms with Gasteiger partial charge in [0.1, 0.15) is 6.15 Å². The third kappa shape index (κ3) is 15.4. The molecule has 0 N–H and O–H groups in total. The Hall–Kier alpha value is -4.13. The first kappa shape index (κ1) is 58.6. The van der Waals surface area contributed by atoms with Crippen LogP contribution in [0.3, 0.4) is 0 Å². The smallest absolute Gasteiger partial charge is 0.286 e. The second kappa shape index (κ2) is 31.0.